The number of hydrogen-bond acceptors (Lipinski definition) is 3. The number of nitrogens with zero attached hydrogens (tertiary/aromatic N) is 2. The predicted molar refractivity (Wildman–Crippen MR) is 77.9 cm³/mol. The van der Waals surface area contributed by atoms with Gasteiger partial charge in [-0.15, -0.1) is 0 Å². The third-order valence-electron chi connectivity index (χ3n) is 4.15. The van der Waals surface area contributed by atoms with Gasteiger partial charge in [-0.2, -0.15) is 12.6 Å². The van der Waals surface area contributed by atoms with Crippen molar-refractivity contribution in [3.8, 4) is 0 Å². The maximum absolute atomic E-state index is 4.48. The minimum absolute atomic E-state index is 0.804. The average molecular weight is 256 g/mol. The zero-order chi connectivity index (χ0) is 12.1. The second kappa shape index (κ2) is 7.01. The van der Waals surface area contributed by atoms with Crippen LogP contribution >= 0.6 is 12.6 Å². The van der Waals surface area contributed by atoms with Gasteiger partial charge in [0.2, 0.25) is 0 Å². The van der Waals surface area contributed by atoms with Crippen molar-refractivity contribution >= 4 is 12.6 Å². The molecule has 0 N–H and O–H groups in total. The number of hydrogen-bond donors (Lipinski definition) is 1. The molecule has 0 aromatic carbocycles. The average Bonchev–Trinajstić information content (AvgIpc) is 3.15. The van der Waals surface area contributed by atoms with E-state index in [-0.39, 0.29) is 0 Å². The summed E-state index contributed by atoms with van der Waals surface area (Å²) in [5, 5.41) is 0. The molecule has 0 aromatic heterocycles. The number of piperazine rings is 1. The standard InChI is InChI=1S/C14H28N2S/c1-2-3-14(12-17)11-16-8-6-15(7-9-16)10-13-4-5-13/h13-14,17H,2-12H2,1H3. The van der Waals surface area contributed by atoms with Crippen molar-refractivity contribution in [2.45, 2.75) is 32.6 Å². The largest absolute Gasteiger partial charge is 0.301 e. The van der Waals surface area contributed by atoms with Crippen LogP contribution in [-0.2, 0) is 0 Å². The van der Waals surface area contributed by atoms with E-state index in [1.54, 1.807) is 0 Å². The molecule has 1 atom stereocenters. The Labute approximate surface area is 112 Å². The van der Waals surface area contributed by atoms with Crippen molar-refractivity contribution in [2.24, 2.45) is 11.8 Å². The lowest BCUT2D eigenvalue weighted by Gasteiger charge is -2.36. The first-order valence-corrected chi connectivity index (χ1v) is 8.00. The van der Waals surface area contributed by atoms with Crippen molar-refractivity contribution in [1.82, 2.24) is 9.80 Å². The van der Waals surface area contributed by atoms with Gasteiger partial charge in [0.25, 0.3) is 0 Å². The molecule has 1 aliphatic heterocycles. The van der Waals surface area contributed by atoms with Gasteiger partial charge in [-0.1, -0.05) is 13.3 Å². The zero-order valence-corrected chi connectivity index (χ0v) is 12.2. The summed E-state index contributed by atoms with van der Waals surface area (Å²) in [6, 6.07) is 0. The van der Waals surface area contributed by atoms with E-state index in [0.717, 1.165) is 17.6 Å². The Morgan fingerprint density at radius 2 is 1.76 bits per heavy atom. The third-order valence-corrected chi connectivity index (χ3v) is 4.67. The van der Waals surface area contributed by atoms with Crippen LogP contribution in [-0.4, -0.2) is 54.8 Å². The summed E-state index contributed by atoms with van der Waals surface area (Å²) in [5.74, 6) is 2.90. The van der Waals surface area contributed by atoms with Gasteiger partial charge in [0, 0.05) is 39.3 Å². The lowest BCUT2D eigenvalue weighted by Crippen LogP contribution is -2.48. The van der Waals surface area contributed by atoms with E-state index >= 15 is 0 Å². The van der Waals surface area contributed by atoms with Gasteiger partial charge in [-0.25, -0.2) is 0 Å². The van der Waals surface area contributed by atoms with Gasteiger partial charge < -0.3 is 9.80 Å². The molecule has 0 radical (unpaired) electrons. The maximum Gasteiger partial charge on any atom is 0.0110 e. The molecule has 1 unspecified atom stereocenters. The smallest absolute Gasteiger partial charge is 0.0110 e. The minimum atomic E-state index is 0.804. The van der Waals surface area contributed by atoms with Crippen LogP contribution < -0.4 is 0 Å². The topological polar surface area (TPSA) is 6.48 Å². The highest BCUT2D eigenvalue weighted by molar-refractivity contribution is 7.80. The predicted octanol–water partition coefficient (Wildman–Crippen LogP) is 2.36. The Hall–Kier alpha value is 0.270. The molecule has 1 saturated heterocycles. The molecule has 2 aliphatic rings. The summed E-state index contributed by atoms with van der Waals surface area (Å²) < 4.78 is 0. The Morgan fingerprint density at radius 1 is 1.12 bits per heavy atom. The fourth-order valence-corrected chi connectivity index (χ4v) is 3.13. The molecular weight excluding hydrogens is 228 g/mol. The molecule has 1 heterocycles. The summed E-state index contributed by atoms with van der Waals surface area (Å²) in [6.07, 6.45) is 5.61. The fraction of sp³-hybridized carbons (Fsp3) is 1.00. The zero-order valence-electron chi connectivity index (χ0n) is 11.3. The van der Waals surface area contributed by atoms with Gasteiger partial charge in [0.05, 0.1) is 0 Å². The number of thiol groups is 1. The molecule has 17 heavy (non-hydrogen) atoms. The molecule has 3 heteroatoms. The summed E-state index contributed by atoms with van der Waals surface area (Å²) in [7, 11) is 0. The van der Waals surface area contributed by atoms with E-state index in [2.05, 4.69) is 29.4 Å². The van der Waals surface area contributed by atoms with Crippen molar-refractivity contribution in [3.05, 3.63) is 0 Å². The van der Waals surface area contributed by atoms with E-state index in [9.17, 15) is 0 Å². The van der Waals surface area contributed by atoms with Crippen LogP contribution in [0.1, 0.15) is 32.6 Å². The summed E-state index contributed by atoms with van der Waals surface area (Å²) in [5.41, 5.74) is 0. The maximum atomic E-state index is 4.48. The van der Waals surface area contributed by atoms with E-state index in [1.807, 2.05) is 0 Å². The van der Waals surface area contributed by atoms with Crippen molar-refractivity contribution in [2.75, 3.05) is 45.0 Å². The second-order valence-corrected chi connectivity index (χ2v) is 6.25. The molecule has 100 valence electrons. The SMILES string of the molecule is CCCC(CS)CN1CCN(CC2CC2)CC1. The normalized spacial score (nSPS) is 25.1. The van der Waals surface area contributed by atoms with E-state index < -0.39 is 0 Å². The minimum Gasteiger partial charge on any atom is -0.301 e. The first-order valence-electron chi connectivity index (χ1n) is 7.37. The van der Waals surface area contributed by atoms with Gasteiger partial charge in [0.15, 0.2) is 0 Å². The van der Waals surface area contributed by atoms with Gasteiger partial charge in [-0.3, -0.25) is 0 Å². The Balaban J connectivity index is 1.63. The van der Waals surface area contributed by atoms with Gasteiger partial charge in [0.1, 0.15) is 0 Å². The van der Waals surface area contributed by atoms with Crippen LogP contribution in [0.2, 0.25) is 0 Å². The molecule has 0 aromatic rings. The molecule has 0 spiro atoms. The van der Waals surface area contributed by atoms with Crippen molar-refractivity contribution in [1.29, 1.82) is 0 Å². The van der Waals surface area contributed by atoms with Crippen LogP contribution in [0, 0.1) is 11.8 Å². The first kappa shape index (κ1) is 13.7. The lowest BCUT2D eigenvalue weighted by molar-refractivity contribution is 0.116. The first-order chi connectivity index (χ1) is 8.31. The molecule has 2 rings (SSSR count). The van der Waals surface area contributed by atoms with Crippen molar-refractivity contribution in [3.63, 3.8) is 0 Å². The quantitative estimate of drug-likeness (QED) is 0.699. The van der Waals surface area contributed by atoms with Gasteiger partial charge >= 0.3 is 0 Å². The summed E-state index contributed by atoms with van der Waals surface area (Å²) in [4.78, 5) is 5.32. The monoisotopic (exact) mass is 256 g/mol. The highest BCUT2D eigenvalue weighted by atomic mass is 32.1. The molecule has 2 fully saturated rings. The van der Waals surface area contributed by atoms with Crippen LogP contribution in [0.15, 0.2) is 0 Å². The van der Waals surface area contributed by atoms with E-state index in [0.29, 0.717) is 0 Å². The van der Waals surface area contributed by atoms with Crippen LogP contribution in [0.5, 0.6) is 0 Å². The summed E-state index contributed by atoms with van der Waals surface area (Å²) >= 11 is 4.48. The number of rotatable bonds is 7. The van der Waals surface area contributed by atoms with Crippen LogP contribution in [0.25, 0.3) is 0 Å². The lowest BCUT2D eigenvalue weighted by atomic mass is 10.1. The second-order valence-electron chi connectivity index (χ2n) is 5.88. The Bertz CT molecular complexity index is 210. The highest BCUT2D eigenvalue weighted by Gasteiger charge is 2.26. The van der Waals surface area contributed by atoms with E-state index in [4.69, 9.17) is 0 Å². The Kier molecular flexibility index (Phi) is 5.64. The fourth-order valence-electron chi connectivity index (χ4n) is 2.83. The van der Waals surface area contributed by atoms with Crippen molar-refractivity contribution < 1.29 is 0 Å². The Morgan fingerprint density at radius 3 is 2.29 bits per heavy atom. The third kappa shape index (κ3) is 4.80. The molecule has 0 amide bonds. The van der Waals surface area contributed by atoms with E-state index in [1.165, 1.54) is 65.0 Å². The molecule has 1 saturated carbocycles. The molecular formula is C14H28N2S. The molecule has 0 bridgehead atoms. The van der Waals surface area contributed by atoms with Crippen LogP contribution in [0.3, 0.4) is 0 Å². The molecule has 1 aliphatic carbocycles. The summed E-state index contributed by atoms with van der Waals surface area (Å²) in [6.45, 7) is 10.1. The van der Waals surface area contributed by atoms with Crippen LogP contribution in [0.4, 0.5) is 0 Å². The van der Waals surface area contributed by atoms with Gasteiger partial charge in [-0.05, 0) is 36.9 Å². The highest BCUT2D eigenvalue weighted by Crippen LogP contribution is 2.29. The molecule has 2 nitrogen and oxygen atoms in total.